The van der Waals surface area contributed by atoms with E-state index in [9.17, 15) is 36.3 Å². The minimum atomic E-state index is -4.76. The fraction of sp³-hybridized carbons (Fsp3) is 0.0227. The number of hydrogen-bond acceptors (Lipinski definition) is 8. The van der Waals surface area contributed by atoms with Crippen LogP contribution in [0, 0.1) is 29.1 Å². The van der Waals surface area contributed by atoms with Crippen LogP contribution in [-0.4, -0.2) is 38.2 Å². The van der Waals surface area contributed by atoms with Gasteiger partial charge in [0.2, 0.25) is 0 Å². The summed E-state index contributed by atoms with van der Waals surface area (Å²) in [6, 6.07) is 18.6. The molecule has 4 aromatic heterocycles. The van der Waals surface area contributed by atoms with Crippen LogP contribution >= 0.6 is 22.7 Å². The van der Waals surface area contributed by atoms with E-state index in [1.807, 2.05) is 10.7 Å². The van der Waals surface area contributed by atoms with Gasteiger partial charge in [0, 0.05) is 33.1 Å². The smallest absolute Gasteiger partial charge is 0.399 e. The summed E-state index contributed by atoms with van der Waals surface area (Å²) in [6.07, 6.45) is -4.76. The Hall–Kier alpha value is -8.11. The van der Waals surface area contributed by atoms with Crippen molar-refractivity contribution in [2.24, 2.45) is 0 Å². The Kier molecular flexibility index (Phi) is 12.3. The Morgan fingerprint density at radius 2 is 1.21 bits per heavy atom. The van der Waals surface area contributed by atoms with E-state index in [0.29, 0.717) is 51.8 Å². The van der Waals surface area contributed by atoms with Gasteiger partial charge in [-0.25, -0.2) is 26.7 Å². The summed E-state index contributed by atoms with van der Waals surface area (Å²) in [6.45, 7) is 0. The largest absolute Gasteiger partial charge is 0.416 e. The highest BCUT2D eigenvalue weighted by Gasteiger charge is 2.31. The van der Waals surface area contributed by atoms with Crippen LogP contribution < -0.4 is 27.0 Å². The van der Waals surface area contributed by atoms with Crippen LogP contribution in [0.15, 0.2) is 113 Å². The number of carbonyl (C=O) groups is 3. The first-order valence-corrected chi connectivity index (χ1v) is 20.7. The van der Waals surface area contributed by atoms with E-state index in [-0.39, 0.29) is 28.2 Å². The number of nitrogens with two attached hydrogens (primary N) is 1. The number of thiophene rings is 2. The van der Waals surface area contributed by atoms with Crippen LogP contribution in [0.5, 0.6) is 0 Å². The van der Waals surface area contributed by atoms with Crippen molar-refractivity contribution in [1.29, 1.82) is 0 Å². The molecule has 0 saturated heterocycles. The Morgan fingerprint density at radius 3 is 1.83 bits per heavy atom. The molecule has 66 heavy (non-hydrogen) atoms. The zero-order valence-corrected chi connectivity index (χ0v) is 34.6. The van der Waals surface area contributed by atoms with Crippen molar-refractivity contribution in [3.63, 3.8) is 0 Å². The number of nitrogens with zero attached hydrogens (tertiary/aromatic N) is 2. The third-order valence-electron chi connectivity index (χ3n) is 9.74. The van der Waals surface area contributed by atoms with Gasteiger partial charge in [-0.05, 0) is 82.6 Å². The van der Waals surface area contributed by atoms with Gasteiger partial charge in [0.1, 0.15) is 16.9 Å². The van der Waals surface area contributed by atoms with Gasteiger partial charge in [0.15, 0.2) is 34.9 Å². The highest BCUT2D eigenvalue weighted by atomic mass is 32.1. The number of nitrogens with one attached hydrogen (secondary N) is 6. The number of benzene rings is 5. The highest BCUT2D eigenvalue weighted by Crippen LogP contribution is 2.38. The monoisotopic (exact) mass is 945 g/mol. The second-order valence-electron chi connectivity index (χ2n) is 14.0. The average Bonchev–Trinajstić information content (AvgIpc) is 4.14. The minimum Gasteiger partial charge on any atom is -0.399 e. The zero-order valence-electron chi connectivity index (χ0n) is 33.0. The molecule has 12 nitrogen and oxygen atoms in total. The van der Waals surface area contributed by atoms with Gasteiger partial charge >= 0.3 is 12.2 Å². The number of nitrogen functional groups attached to an aromatic ring is 1. The van der Waals surface area contributed by atoms with Crippen molar-refractivity contribution in [2.75, 3.05) is 27.0 Å². The molecular weight excluding hydrogens is 919 g/mol. The number of H-pyrrole nitrogens is 2. The predicted molar refractivity (Wildman–Crippen MR) is 236 cm³/mol. The van der Waals surface area contributed by atoms with Crippen molar-refractivity contribution in [1.82, 2.24) is 20.4 Å². The van der Waals surface area contributed by atoms with Crippen LogP contribution in [0.4, 0.5) is 68.6 Å². The van der Waals surface area contributed by atoms with Crippen LogP contribution in [0.1, 0.15) is 26.3 Å². The molecule has 8 N–H and O–H groups in total. The Morgan fingerprint density at radius 1 is 0.606 bits per heavy atom. The lowest BCUT2D eigenvalue weighted by molar-refractivity contribution is -0.137. The molecular formula is C44H27F8N9O3S2. The fourth-order valence-electron chi connectivity index (χ4n) is 6.48. The SMILES string of the molecule is Nc1ccc(-c2ccc3c(NC(=O)c4ccsc4)n[nH]c3c2F)cc1.O=C(Nc1ccc(-c2c(F)c(F)c3c(NC(=O)c4ccsc4)n[nH]c3c2F)cc1)Nc1cc(C(F)(F)F)ccc1F. The maximum absolute atomic E-state index is 15.3. The second kappa shape index (κ2) is 18.2. The van der Waals surface area contributed by atoms with Gasteiger partial charge in [-0.3, -0.25) is 19.8 Å². The van der Waals surface area contributed by atoms with Gasteiger partial charge in [-0.2, -0.15) is 46.0 Å². The first-order valence-electron chi connectivity index (χ1n) is 18.9. The number of alkyl halides is 3. The third-order valence-corrected chi connectivity index (χ3v) is 11.1. The molecule has 0 aliphatic heterocycles. The molecule has 0 spiro atoms. The average molecular weight is 946 g/mol. The number of anilines is 5. The topological polar surface area (TPSA) is 183 Å². The Bertz CT molecular complexity index is 3270. The first-order chi connectivity index (χ1) is 31.6. The predicted octanol–water partition coefficient (Wildman–Crippen LogP) is 12.0. The van der Waals surface area contributed by atoms with Crippen molar-refractivity contribution in [3.8, 4) is 22.3 Å². The Balaban J connectivity index is 0.000000201. The number of fused-ring (bicyclic) bond motifs is 2. The maximum Gasteiger partial charge on any atom is 0.416 e. The van der Waals surface area contributed by atoms with Gasteiger partial charge in [0.25, 0.3) is 11.8 Å². The summed E-state index contributed by atoms with van der Waals surface area (Å²) in [4.78, 5) is 36.7. The number of carbonyl (C=O) groups excluding carboxylic acids is 3. The zero-order chi connectivity index (χ0) is 46.9. The lowest BCUT2D eigenvalue weighted by Gasteiger charge is -2.12. The number of aromatic amines is 2. The van der Waals surface area contributed by atoms with E-state index in [2.05, 4.69) is 36.3 Å². The van der Waals surface area contributed by atoms with E-state index in [4.69, 9.17) is 5.73 Å². The number of aromatic nitrogens is 4. The molecule has 0 aliphatic rings. The number of rotatable bonds is 8. The summed E-state index contributed by atoms with van der Waals surface area (Å²) < 4.78 is 113. The van der Waals surface area contributed by atoms with E-state index in [1.165, 1.54) is 46.3 Å². The van der Waals surface area contributed by atoms with Crippen LogP contribution in [0.25, 0.3) is 44.1 Å². The highest BCUT2D eigenvalue weighted by molar-refractivity contribution is 7.08. The summed E-state index contributed by atoms with van der Waals surface area (Å²) >= 11 is 2.66. The number of urea groups is 1. The first kappa shape index (κ1) is 44.5. The molecule has 0 saturated carbocycles. The number of halogens is 8. The van der Waals surface area contributed by atoms with E-state index in [1.54, 1.807) is 53.2 Å². The molecule has 9 rings (SSSR count). The van der Waals surface area contributed by atoms with Crippen molar-refractivity contribution >= 4 is 91.0 Å². The summed E-state index contributed by atoms with van der Waals surface area (Å²) in [5.41, 5.74) is 5.16. The summed E-state index contributed by atoms with van der Waals surface area (Å²) in [7, 11) is 0. The fourth-order valence-corrected chi connectivity index (χ4v) is 7.76. The standard InChI is InChI=1S/C26H14F7N5O2S.C18H13FN4OS/c27-15-6-3-13(26(31,32)33)9-16(15)35-25(40)34-14-4-1-11(2-5-14)17-19(28)20(29)18-22(21(17)30)37-38-23(18)36-24(39)12-7-8-41-10-12;19-15-13(10-1-3-12(20)4-2-10)5-6-14-16(15)22-23-17(14)21-18(24)11-7-8-25-9-11/h1-10H,(H2,34,35,40)(H2,36,37,38,39);1-9H,20H2,(H2,21,22,23,24). The van der Waals surface area contributed by atoms with Crippen molar-refractivity contribution < 1.29 is 49.5 Å². The molecule has 0 fully saturated rings. The van der Waals surface area contributed by atoms with Gasteiger partial charge in [-0.1, -0.05) is 30.3 Å². The van der Waals surface area contributed by atoms with Crippen molar-refractivity contribution in [2.45, 2.75) is 6.18 Å². The second-order valence-corrected chi connectivity index (χ2v) is 15.5. The molecule has 9 aromatic rings. The molecule has 0 radical (unpaired) electrons. The van der Waals surface area contributed by atoms with Crippen molar-refractivity contribution in [3.05, 3.63) is 158 Å². The minimum absolute atomic E-state index is 0.0148. The van der Waals surface area contributed by atoms with E-state index >= 15 is 13.2 Å². The molecule has 0 unspecified atom stereocenters. The molecule has 22 heteroatoms. The summed E-state index contributed by atoms with van der Waals surface area (Å²) in [5.74, 6) is -6.85. The Labute approximate surface area is 373 Å². The third kappa shape index (κ3) is 9.12. The molecule has 0 aliphatic carbocycles. The number of hydrogen-bond donors (Lipinski definition) is 7. The lowest BCUT2D eigenvalue weighted by Crippen LogP contribution is -2.20. The quantitative estimate of drug-likeness (QED) is 0.0452. The molecule has 4 amide bonds. The van der Waals surface area contributed by atoms with Gasteiger partial charge in [-0.15, -0.1) is 0 Å². The van der Waals surface area contributed by atoms with Crippen LogP contribution in [-0.2, 0) is 6.18 Å². The number of amides is 4. The van der Waals surface area contributed by atoms with Gasteiger partial charge < -0.3 is 27.0 Å². The molecule has 334 valence electrons. The van der Waals surface area contributed by atoms with E-state index < -0.39 is 80.7 Å². The van der Waals surface area contributed by atoms with Crippen LogP contribution in [0.2, 0.25) is 0 Å². The maximum atomic E-state index is 15.3. The summed E-state index contributed by atoms with van der Waals surface area (Å²) in [5, 5.41) is 28.5. The molecule has 5 aromatic carbocycles. The lowest BCUT2D eigenvalue weighted by atomic mass is 10.0. The molecule has 0 bridgehead atoms. The van der Waals surface area contributed by atoms with Gasteiger partial charge in [0.05, 0.1) is 33.3 Å². The van der Waals surface area contributed by atoms with Crippen LogP contribution in [0.3, 0.4) is 0 Å². The molecule has 0 atom stereocenters. The molecule has 4 heterocycles. The van der Waals surface area contributed by atoms with E-state index in [0.717, 1.165) is 12.1 Å². The normalized spacial score (nSPS) is 11.3.